The Kier molecular flexibility index (Phi) is 5.73. The van der Waals surface area contributed by atoms with Crippen molar-refractivity contribution in [3.8, 4) is 0 Å². The van der Waals surface area contributed by atoms with E-state index in [1.54, 1.807) is 30.3 Å². The molecule has 2 aromatic rings. The van der Waals surface area contributed by atoms with Gasteiger partial charge in [-0.2, -0.15) is 0 Å². The van der Waals surface area contributed by atoms with E-state index >= 15 is 0 Å². The molecule has 1 fully saturated rings. The smallest absolute Gasteiger partial charge is 0.326 e. The van der Waals surface area contributed by atoms with Gasteiger partial charge in [0.1, 0.15) is 6.04 Å². The Bertz CT molecular complexity index is 822. The number of nitrogens with zero attached hydrogens (tertiary/aromatic N) is 1. The van der Waals surface area contributed by atoms with E-state index in [1.165, 1.54) is 16.7 Å². The van der Waals surface area contributed by atoms with Gasteiger partial charge in [-0.15, -0.1) is 11.8 Å². The van der Waals surface area contributed by atoms with Gasteiger partial charge >= 0.3 is 5.97 Å². The van der Waals surface area contributed by atoms with Gasteiger partial charge in [0.05, 0.1) is 5.75 Å². The number of carboxylic acid groups (broad SMARTS) is 1. The molecule has 2 aromatic carbocycles. The number of aliphatic carboxylic acids is 1. The van der Waals surface area contributed by atoms with Gasteiger partial charge in [-0.3, -0.25) is 9.59 Å². The van der Waals surface area contributed by atoms with E-state index in [0.717, 1.165) is 4.90 Å². The predicted molar refractivity (Wildman–Crippen MR) is 99.6 cm³/mol. The molecule has 0 aromatic heterocycles. The number of carboxylic acids is 1. The molecule has 1 N–H and O–H groups in total. The SMILES string of the molecule is O=C(CSc1cccc(C(=O)N2CCCC2C(=O)O)c1)c1ccccc1. The number of likely N-dealkylation sites (tertiary alicyclic amines) is 1. The molecule has 1 saturated heterocycles. The normalized spacial score (nSPS) is 16.5. The molecule has 5 nitrogen and oxygen atoms in total. The third kappa shape index (κ3) is 4.14. The first-order valence-electron chi connectivity index (χ1n) is 8.41. The molecular weight excluding hydrogens is 350 g/mol. The number of carbonyl (C=O) groups is 3. The lowest BCUT2D eigenvalue weighted by Crippen LogP contribution is -2.40. The zero-order chi connectivity index (χ0) is 18.5. The summed E-state index contributed by atoms with van der Waals surface area (Å²) in [6, 6.07) is 15.3. The zero-order valence-electron chi connectivity index (χ0n) is 14.1. The Morgan fingerprint density at radius 3 is 2.50 bits per heavy atom. The fourth-order valence-electron chi connectivity index (χ4n) is 3.01. The van der Waals surface area contributed by atoms with Crippen LogP contribution in [0.1, 0.15) is 33.6 Å². The van der Waals surface area contributed by atoms with Gasteiger partial charge in [0.15, 0.2) is 5.78 Å². The number of rotatable bonds is 6. The minimum absolute atomic E-state index is 0.0258. The van der Waals surface area contributed by atoms with Crippen molar-refractivity contribution in [3.63, 3.8) is 0 Å². The van der Waals surface area contributed by atoms with Crippen molar-refractivity contribution in [3.05, 3.63) is 65.7 Å². The molecule has 0 radical (unpaired) electrons. The third-order valence-corrected chi connectivity index (χ3v) is 5.34. The Morgan fingerprint density at radius 2 is 1.77 bits per heavy atom. The van der Waals surface area contributed by atoms with Gasteiger partial charge < -0.3 is 10.0 Å². The first kappa shape index (κ1) is 18.2. The van der Waals surface area contributed by atoms with Gasteiger partial charge in [-0.05, 0) is 31.0 Å². The van der Waals surface area contributed by atoms with Gasteiger partial charge in [0.2, 0.25) is 0 Å². The molecule has 0 aliphatic carbocycles. The molecule has 1 amide bonds. The van der Waals surface area contributed by atoms with Crippen molar-refractivity contribution in [2.24, 2.45) is 0 Å². The molecule has 1 heterocycles. The maximum absolute atomic E-state index is 12.7. The number of ketones is 1. The number of hydrogen-bond donors (Lipinski definition) is 1. The lowest BCUT2D eigenvalue weighted by atomic mass is 10.1. The fraction of sp³-hybridized carbons (Fsp3) is 0.250. The zero-order valence-corrected chi connectivity index (χ0v) is 14.9. The summed E-state index contributed by atoms with van der Waals surface area (Å²) in [5, 5.41) is 9.25. The number of amides is 1. The molecule has 6 heteroatoms. The van der Waals surface area contributed by atoms with E-state index in [-0.39, 0.29) is 17.4 Å². The minimum atomic E-state index is -0.963. The van der Waals surface area contributed by atoms with E-state index in [2.05, 4.69) is 0 Å². The Morgan fingerprint density at radius 1 is 1.04 bits per heavy atom. The van der Waals surface area contributed by atoms with E-state index in [9.17, 15) is 19.5 Å². The average Bonchev–Trinajstić information content (AvgIpc) is 3.16. The molecule has 26 heavy (non-hydrogen) atoms. The van der Waals surface area contributed by atoms with Crippen LogP contribution in [0.15, 0.2) is 59.5 Å². The molecule has 1 aliphatic rings. The van der Waals surface area contributed by atoms with E-state index in [1.807, 2.05) is 24.3 Å². The second-order valence-electron chi connectivity index (χ2n) is 6.10. The molecule has 0 spiro atoms. The minimum Gasteiger partial charge on any atom is -0.480 e. The summed E-state index contributed by atoms with van der Waals surface area (Å²) in [6.07, 6.45) is 1.18. The van der Waals surface area contributed by atoms with Crippen LogP contribution in [0.25, 0.3) is 0 Å². The van der Waals surface area contributed by atoms with Crippen LogP contribution in [0.5, 0.6) is 0 Å². The van der Waals surface area contributed by atoms with Crippen LogP contribution in [0.2, 0.25) is 0 Å². The summed E-state index contributed by atoms with van der Waals surface area (Å²) < 4.78 is 0. The van der Waals surface area contributed by atoms with Crippen molar-refractivity contribution >= 4 is 29.4 Å². The topological polar surface area (TPSA) is 74.7 Å². The first-order valence-corrected chi connectivity index (χ1v) is 9.39. The van der Waals surface area contributed by atoms with Gasteiger partial charge in [-0.1, -0.05) is 36.4 Å². The largest absolute Gasteiger partial charge is 0.480 e. The van der Waals surface area contributed by atoms with Gasteiger partial charge in [-0.25, -0.2) is 4.79 Å². The van der Waals surface area contributed by atoms with E-state index in [0.29, 0.717) is 30.5 Å². The molecule has 134 valence electrons. The van der Waals surface area contributed by atoms with Crippen molar-refractivity contribution in [2.75, 3.05) is 12.3 Å². The summed E-state index contributed by atoms with van der Waals surface area (Å²) in [7, 11) is 0. The standard InChI is InChI=1S/C20H19NO4S/c22-18(14-6-2-1-3-7-14)13-26-16-9-4-8-15(12-16)19(23)21-11-5-10-17(21)20(24)25/h1-4,6-9,12,17H,5,10-11,13H2,(H,24,25). The van der Waals surface area contributed by atoms with Crippen molar-refractivity contribution in [1.29, 1.82) is 0 Å². The van der Waals surface area contributed by atoms with Crippen LogP contribution < -0.4 is 0 Å². The Labute approximate surface area is 156 Å². The van der Waals surface area contributed by atoms with E-state index in [4.69, 9.17) is 0 Å². The van der Waals surface area contributed by atoms with E-state index < -0.39 is 12.0 Å². The van der Waals surface area contributed by atoms with Crippen molar-refractivity contribution in [2.45, 2.75) is 23.8 Å². The molecule has 3 rings (SSSR count). The van der Waals surface area contributed by atoms with Crippen LogP contribution in [-0.4, -0.2) is 46.0 Å². The highest BCUT2D eigenvalue weighted by Gasteiger charge is 2.34. The fourth-order valence-corrected chi connectivity index (χ4v) is 3.86. The Hall–Kier alpha value is -2.60. The highest BCUT2D eigenvalue weighted by molar-refractivity contribution is 8.00. The van der Waals surface area contributed by atoms with Crippen LogP contribution in [0.4, 0.5) is 0 Å². The number of thioether (sulfide) groups is 1. The van der Waals surface area contributed by atoms with Crippen LogP contribution in [0.3, 0.4) is 0 Å². The van der Waals surface area contributed by atoms with Crippen LogP contribution in [-0.2, 0) is 4.79 Å². The number of Topliss-reactive ketones (excluding diaryl/α,β-unsaturated/α-hetero) is 1. The van der Waals surface area contributed by atoms with Crippen LogP contribution in [0, 0.1) is 0 Å². The highest BCUT2D eigenvalue weighted by Crippen LogP contribution is 2.24. The summed E-state index contributed by atoms with van der Waals surface area (Å²) in [6.45, 7) is 0.458. The lowest BCUT2D eigenvalue weighted by Gasteiger charge is -2.21. The van der Waals surface area contributed by atoms with Crippen molar-refractivity contribution < 1.29 is 19.5 Å². The monoisotopic (exact) mass is 369 g/mol. The first-order chi connectivity index (χ1) is 12.6. The van der Waals surface area contributed by atoms with Gasteiger partial charge in [0, 0.05) is 22.6 Å². The highest BCUT2D eigenvalue weighted by atomic mass is 32.2. The maximum Gasteiger partial charge on any atom is 0.326 e. The summed E-state index contributed by atoms with van der Waals surface area (Å²) in [4.78, 5) is 38.4. The quantitative estimate of drug-likeness (QED) is 0.624. The lowest BCUT2D eigenvalue weighted by molar-refractivity contribution is -0.141. The second-order valence-corrected chi connectivity index (χ2v) is 7.15. The van der Waals surface area contributed by atoms with Crippen LogP contribution >= 0.6 is 11.8 Å². The molecular formula is C20H19NO4S. The summed E-state index contributed by atoms with van der Waals surface area (Å²) in [5.74, 6) is -0.928. The second kappa shape index (κ2) is 8.19. The summed E-state index contributed by atoms with van der Waals surface area (Å²) >= 11 is 1.37. The number of carbonyl (C=O) groups excluding carboxylic acids is 2. The number of hydrogen-bond acceptors (Lipinski definition) is 4. The Balaban J connectivity index is 1.67. The predicted octanol–water partition coefficient (Wildman–Crippen LogP) is 3.35. The molecule has 1 aliphatic heterocycles. The molecule has 1 atom stereocenters. The maximum atomic E-state index is 12.7. The summed E-state index contributed by atoms with van der Waals surface area (Å²) in [5.41, 5.74) is 1.11. The average molecular weight is 369 g/mol. The molecule has 0 bridgehead atoms. The third-order valence-electron chi connectivity index (χ3n) is 4.35. The van der Waals surface area contributed by atoms with Gasteiger partial charge in [0.25, 0.3) is 5.91 Å². The molecule has 0 saturated carbocycles. The molecule has 1 unspecified atom stereocenters. The number of benzene rings is 2. The van der Waals surface area contributed by atoms with Crippen molar-refractivity contribution in [1.82, 2.24) is 4.90 Å².